The average molecular weight is 203 g/mol. The van der Waals surface area contributed by atoms with E-state index in [2.05, 4.69) is 25.9 Å². The number of carbonyl (C=O) groups is 1. The van der Waals surface area contributed by atoms with Crippen LogP contribution in [-0.2, 0) is 0 Å². The highest BCUT2D eigenvalue weighted by atomic mass is 79.9. The number of aromatic carboxylic acids is 1. The quantitative estimate of drug-likeness (QED) is 0.689. The van der Waals surface area contributed by atoms with Crippen LogP contribution in [0.1, 0.15) is 10.5 Å². The lowest BCUT2D eigenvalue weighted by molar-refractivity contribution is 0.0690. The summed E-state index contributed by atoms with van der Waals surface area (Å²) in [5.41, 5.74) is -0.0122. The molecule has 0 aliphatic heterocycles. The minimum Gasteiger partial charge on any atom is -0.477 e. The molecule has 0 radical (unpaired) electrons. The molecular weight excluding hydrogens is 200 g/mol. The Morgan fingerprint density at radius 2 is 2.30 bits per heavy atom. The van der Waals surface area contributed by atoms with E-state index in [0.717, 1.165) is 0 Å². The first-order valence-electron chi connectivity index (χ1n) is 2.41. The minimum absolute atomic E-state index is 0.0122. The number of carboxylic acids is 1. The Kier molecular flexibility index (Phi) is 1.96. The van der Waals surface area contributed by atoms with Crippen molar-refractivity contribution in [1.82, 2.24) is 9.97 Å². The lowest BCUT2D eigenvalue weighted by Gasteiger charge is -1.90. The van der Waals surface area contributed by atoms with E-state index in [9.17, 15) is 4.79 Å². The maximum Gasteiger partial charge on any atom is 0.354 e. The second-order valence-corrected chi connectivity index (χ2v) is 2.34. The van der Waals surface area contributed by atoms with E-state index in [1.54, 1.807) is 0 Å². The van der Waals surface area contributed by atoms with Crippen LogP contribution in [0.15, 0.2) is 17.0 Å². The van der Waals surface area contributed by atoms with Gasteiger partial charge in [-0.05, 0) is 15.9 Å². The Bertz CT molecular complexity index is 264. The van der Waals surface area contributed by atoms with Crippen LogP contribution in [-0.4, -0.2) is 21.0 Å². The van der Waals surface area contributed by atoms with Gasteiger partial charge in [0.25, 0.3) is 0 Å². The standard InChI is InChI=1S/C5H3BrN2O2/c6-4-1-3(5(9)10)7-2-8-4/h1-2H,(H,9,10). The summed E-state index contributed by atoms with van der Waals surface area (Å²) in [6.45, 7) is 0. The highest BCUT2D eigenvalue weighted by molar-refractivity contribution is 9.10. The maximum absolute atomic E-state index is 10.2. The summed E-state index contributed by atoms with van der Waals surface area (Å²) >= 11 is 3.02. The molecule has 0 spiro atoms. The lowest BCUT2D eigenvalue weighted by Crippen LogP contribution is -1.99. The highest BCUT2D eigenvalue weighted by Crippen LogP contribution is 2.04. The first-order valence-corrected chi connectivity index (χ1v) is 3.20. The molecule has 0 bridgehead atoms. The van der Waals surface area contributed by atoms with Gasteiger partial charge in [0.2, 0.25) is 0 Å². The molecule has 52 valence electrons. The predicted molar refractivity (Wildman–Crippen MR) is 36.7 cm³/mol. The summed E-state index contributed by atoms with van der Waals surface area (Å²) in [5.74, 6) is -1.05. The van der Waals surface area contributed by atoms with Gasteiger partial charge in [-0.1, -0.05) is 0 Å². The predicted octanol–water partition coefficient (Wildman–Crippen LogP) is 0.937. The van der Waals surface area contributed by atoms with Crippen LogP contribution >= 0.6 is 15.9 Å². The molecule has 0 amide bonds. The van der Waals surface area contributed by atoms with E-state index >= 15 is 0 Å². The van der Waals surface area contributed by atoms with Crippen molar-refractivity contribution in [3.63, 3.8) is 0 Å². The molecule has 1 heterocycles. The summed E-state index contributed by atoms with van der Waals surface area (Å²) in [4.78, 5) is 17.4. The van der Waals surface area contributed by atoms with Gasteiger partial charge >= 0.3 is 5.97 Å². The molecule has 4 nitrogen and oxygen atoms in total. The topological polar surface area (TPSA) is 63.1 Å². The van der Waals surface area contributed by atoms with Crippen LogP contribution in [0.5, 0.6) is 0 Å². The molecule has 0 atom stereocenters. The van der Waals surface area contributed by atoms with Crippen molar-refractivity contribution in [1.29, 1.82) is 0 Å². The number of rotatable bonds is 1. The summed E-state index contributed by atoms with van der Waals surface area (Å²) in [5, 5.41) is 8.40. The van der Waals surface area contributed by atoms with Gasteiger partial charge in [-0.15, -0.1) is 0 Å². The molecule has 0 saturated carbocycles. The van der Waals surface area contributed by atoms with E-state index < -0.39 is 5.97 Å². The van der Waals surface area contributed by atoms with Crippen molar-refractivity contribution in [2.75, 3.05) is 0 Å². The van der Waals surface area contributed by atoms with Crippen LogP contribution in [0.4, 0.5) is 0 Å². The van der Waals surface area contributed by atoms with Crippen LogP contribution in [0.2, 0.25) is 0 Å². The fourth-order valence-corrected chi connectivity index (χ4v) is 0.759. The lowest BCUT2D eigenvalue weighted by atomic mass is 10.4. The Morgan fingerprint density at radius 1 is 1.60 bits per heavy atom. The number of hydrogen-bond acceptors (Lipinski definition) is 3. The van der Waals surface area contributed by atoms with Crippen molar-refractivity contribution in [3.05, 3.63) is 22.7 Å². The second kappa shape index (κ2) is 2.74. The van der Waals surface area contributed by atoms with Gasteiger partial charge in [0.05, 0.1) is 0 Å². The normalized spacial score (nSPS) is 9.30. The molecule has 5 heteroatoms. The monoisotopic (exact) mass is 202 g/mol. The van der Waals surface area contributed by atoms with E-state index in [1.165, 1.54) is 12.4 Å². The molecule has 10 heavy (non-hydrogen) atoms. The SMILES string of the molecule is O=C(O)c1cc(Br)ncn1. The van der Waals surface area contributed by atoms with E-state index in [4.69, 9.17) is 5.11 Å². The molecule has 1 aromatic heterocycles. The molecule has 0 aliphatic rings. The second-order valence-electron chi connectivity index (χ2n) is 1.53. The molecule has 1 aromatic rings. The van der Waals surface area contributed by atoms with Crippen LogP contribution in [0, 0.1) is 0 Å². The maximum atomic E-state index is 10.2. The van der Waals surface area contributed by atoms with Crippen molar-refractivity contribution in [3.8, 4) is 0 Å². The first-order chi connectivity index (χ1) is 4.70. The molecule has 0 unspecified atom stereocenters. The molecule has 1 N–H and O–H groups in total. The Morgan fingerprint density at radius 3 is 2.70 bits per heavy atom. The fraction of sp³-hybridized carbons (Fsp3) is 0. The van der Waals surface area contributed by atoms with Crippen LogP contribution in [0.25, 0.3) is 0 Å². The number of nitrogens with zero attached hydrogens (tertiary/aromatic N) is 2. The summed E-state index contributed by atoms with van der Waals surface area (Å²) in [6.07, 6.45) is 1.19. The molecule has 0 saturated heterocycles. The van der Waals surface area contributed by atoms with Gasteiger partial charge in [0.1, 0.15) is 10.9 Å². The van der Waals surface area contributed by atoms with Crippen molar-refractivity contribution >= 4 is 21.9 Å². The van der Waals surface area contributed by atoms with Gasteiger partial charge in [0.15, 0.2) is 5.69 Å². The van der Waals surface area contributed by atoms with Crippen molar-refractivity contribution in [2.24, 2.45) is 0 Å². The van der Waals surface area contributed by atoms with E-state index in [0.29, 0.717) is 4.60 Å². The van der Waals surface area contributed by atoms with Gasteiger partial charge in [-0.3, -0.25) is 0 Å². The fourth-order valence-electron chi connectivity index (χ4n) is 0.451. The Balaban J connectivity index is 3.07. The first kappa shape index (κ1) is 7.14. The van der Waals surface area contributed by atoms with Gasteiger partial charge in [-0.2, -0.15) is 0 Å². The number of aromatic nitrogens is 2. The third kappa shape index (κ3) is 1.51. The third-order valence-corrected chi connectivity index (χ3v) is 1.29. The number of hydrogen-bond donors (Lipinski definition) is 1. The Labute approximate surface area is 65.1 Å². The summed E-state index contributed by atoms with van der Waals surface area (Å²) in [6, 6.07) is 1.34. The zero-order chi connectivity index (χ0) is 7.56. The average Bonchev–Trinajstić information content (AvgIpc) is 1.88. The third-order valence-electron chi connectivity index (χ3n) is 0.853. The van der Waals surface area contributed by atoms with Crippen LogP contribution in [0.3, 0.4) is 0 Å². The van der Waals surface area contributed by atoms with Crippen LogP contribution < -0.4 is 0 Å². The minimum atomic E-state index is -1.05. The highest BCUT2D eigenvalue weighted by Gasteiger charge is 2.03. The van der Waals surface area contributed by atoms with Gasteiger partial charge in [0, 0.05) is 6.07 Å². The molecule has 0 aromatic carbocycles. The molecule has 1 rings (SSSR count). The molecular formula is C5H3BrN2O2. The largest absolute Gasteiger partial charge is 0.477 e. The molecule has 0 fully saturated rings. The number of halogens is 1. The zero-order valence-electron chi connectivity index (χ0n) is 4.78. The van der Waals surface area contributed by atoms with E-state index in [-0.39, 0.29) is 5.69 Å². The van der Waals surface area contributed by atoms with Gasteiger partial charge in [-0.25, -0.2) is 14.8 Å². The smallest absolute Gasteiger partial charge is 0.354 e. The van der Waals surface area contributed by atoms with Crippen molar-refractivity contribution < 1.29 is 9.90 Å². The number of carboxylic acid groups (broad SMARTS) is 1. The van der Waals surface area contributed by atoms with E-state index in [1.807, 2.05) is 0 Å². The molecule has 0 aliphatic carbocycles. The van der Waals surface area contributed by atoms with Gasteiger partial charge < -0.3 is 5.11 Å². The summed E-state index contributed by atoms with van der Waals surface area (Å²) in [7, 11) is 0. The zero-order valence-corrected chi connectivity index (χ0v) is 6.37. The Hall–Kier alpha value is -0.970. The summed E-state index contributed by atoms with van der Waals surface area (Å²) < 4.78 is 0.472. The van der Waals surface area contributed by atoms with Crippen molar-refractivity contribution in [2.45, 2.75) is 0 Å².